The molecule has 0 saturated carbocycles. The second kappa shape index (κ2) is 6.49. The third-order valence-corrected chi connectivity index (χ3v) is 6.44. The predicted molar refractivity (Wildman–Crippen MR) is 112 cm³/mol. The van der Waals surface area contributed by atoms with E-state index in [2.05, 4.69) is 57.9 Å². The first-order chi connectivity index (χ1) is 13.6. The number of fused-ring (bicyclic) bond motifs is 3. The van der Waals surface area contributed by atoms with Crippen LogP contribution in [0, 0.1) is 20.8 Å². The molecule has 0 radical (unpaired) electrons. The summed E-state index contributed by atoms with van der Waals surface area (Å²) in [6.45, 7) is 6.87. The Kier molecular flexibility index (Phi) is 3.94. The van der Waals surface area contributed by atoms with E-state index in [0.717, 1.165) is 28.5 Å². The molecule has 5 nitrogen and oxygen atoms in total. The summed E-state index contributed by atoms with van der Waals surface area (Å²) in [5.41, 5.74) is 6.96. The summed E-state index contributed by atoms with van der Waals surface area (Å²) in [6, 6.07) is 12.7. The van der Waals surface area contributed by atoms with Gasteiger partial charge in [0.25, 0.3) is 0 Å². The van der Waals surface area contributed by atoms with E-state index < -0.39 is 0 Å². The third-order valence-electron chi connectivity index (χ3n) is 5.25. The van der Waals surface area contributed by atoms with E-state index >= 15 is 0 Å². The number of benzene rings is 1. The second-order valence-corrected chi connectivity index (χ2v) is 8.14. The molecule has 0 bridgehead atoms. The molecule has 1 aliphatic rings. The van der Waals surface area contributed by atoms with Crippen molar-refractivity contribution < 1.29 is 0 Å². The van der Waals surface area contributed by atoms with E-state index in [1.807, 2.05) is 31.5 Å². The molecule has 3 aromatic heterocycles. The van der Waals surface area contributed by atoms with Crippen molar-refractivity contribution in [3.05, 3.63) is 82.0 Å². The van der Waals surface area contributed by atoms with Gasteiger partial charge in [0.2, 0.25) is 0 Å². The number of nitrogens with zero attached hydrogens (tertiary/aromatic N) is 5. The van der Waals surface area contributed by atoms with Gasteiger partial charge < -0.3 is 0 Å². The first kappa shape index (κ1) is 17.0. The Morgan fingerprint density at radius 3 is 2.29 bits per heavy atom. The average Bonchev–Trinajstić information content (AvgIpc) is 3.17. The topological polar surface area (TPSA) is 56.0 Å². The molecule has 5 rings (SSSR count). The van der Waals surface area contributed by atoms with Crippen molar-refractivity contribution in [3.63, 3.8) is 0 Å². The number of pyridine rings is 1. The van der Waals surface area contributed by atoms with Crippen molar-refractivity contribution in [2.75, 3.05) is 0 Å². The Bertz CT molecular complexity index is 1200. The maximum Gasteiger partial charge on any atom is 0.160 e. The van der Waals surface area contributed by atoms with E-state index in [-0.39, 0.29) is 0 Å². The summed E-state index contributed by atoms with van der Waals surface area (Å²) in [5, 5.41) is 9.78. The monoisotopic (exact) mass is 385 g/mol. The van der Waals surface area contributed by atoms with Crippen LogP contribution >= 0.6 is 11.3 Å². The van der Waals surface area contributed by atoms with Crippen LogP contribution in [-0.2, 0) is 6.54 Å². The lowest BCUT2D eigenvalue weighted by atomic mass is 9.97. The maximum absolute atomic E-state index is 4.96. The van der Waals surface area contributed by atoms with Crippen LogP contribution in [0.15, 0.2) is 53.8 Å². The Balaban J connectivity index is 1.64. The molecule has 1 aliphatic heterocycles. The van der Waals surface area contributed by atoms with Crippen molar-refractivity contribution in [1.82, 2.24) is 19.7 Å². The minimum absolute atomic E-state index is 0.530. The Labute approximate surface area is 167 Å². The lowest BCUT2D eigenvalue weighted by Crippen LogP contribution is -2.07. The van der Waals surface area contributed by atoms with Crippen molar-refractivity contribution in [1.29, 1.82) is 0 Å². The van der Waals surface area contributed by atoms with E-state index in [9.17, 15) is 0 Å². The van der Waals surface area contributed by atoms with Gasteiger partial charge in [0.15, 0.2) is 5.82 Å². The summed E-state index contributed by atoms with van der Waals surface area (Å²) in [6.07, 6.45) is 3.64. The average molecular weight is 385 g/mol. The van der Waals surface area contributed by atoms with Crippen LogP contribution in [0.1, 0.15) is 33.2 Å². The number of aryl methyl sites for hydroxylation is 2. The van der Waals surface area contributed by atoms with Gasteiger partial charge in [0.1, 0.15) is 17.4 Å². The summed E-state index contributed by atoms with van der Waals surface area (Å²) in [4.78, 5) is 10.4. The molecule has 4 aromatic rings. The van der Waals surface area contributed by atoms with Crippen molar-refractivity contribution in [3.8, 4) is 16.1 Å². The first-order valence-electron chi connectivity index (χ1n) is 9.20. The summed E-state index contributed by atoms with van der Waals surface area (Å²) >= 11 is 1.79. The molecular weight excluding hydrogens is 366 g/mol. The molecule has 0 N–H and O–H groups in total. The van der Waals surface area contributed by atoms with E-state index in [4.69, 9.17) is 4.99 Å². The van der Waals surface area contributed by atoms with Gasteiger partial charge >= 0.3 is 0 Å². The van der Waals surface area contributed by atoms with Gasteiger partial charge in [0.05, 0.1) is 5.71 Å². The molecule has 0 spiro atoms. The molecular formula is C22H19N5S. The number of aromatic nitrogens is 4. The summed E-state index contributed by atoms with van der Waals surface area (Å²) in [5.74, 6) is 1.80. The Morgan fingerprint density at radius 2 is 1.54 bits per heavy atom. The molecule has 138 valence electrons. The zero-order valence-electron chi connectivity index (χ0n) is 16.0. The number of aliphatic imine (C=N–C) groups is 1. The van der Waals surface area contributed by atoms with Crippen molar-refractivity contribution in [2.24, 2.45) is 4.99 Å². The Morgan fingerprint density at radius 1 is 0.857 bits per heavy atom. The Hall–Kier alpha value is -3.12. The third kappa shape index (κ3) is 2.60. The highest BCUT2D eigenvalue weighted by Gasteiger charge is 2.26. The van der Waals surface area contributed by atoms with Gasteiger partial charge in [-0.1, -0.05) is 24.3 Å². The van der Waals surface area contributed by atoms with Crippen molar-refractivity contribution >= 4 is 17.0 Å². The summed E-state index contributed by atoms with van der Waals surface area (Å²) in [7, 11) is 0. The van der Waals surface area contributed by atoms with Crippen LogP contribution in [0.2, 0.25) is 0 Å². The van der Waals surface area contributed by atoms with E-state index in [0.29, 0.717) is 6.54 Å². The molecule has 1 aromatic carbocycles. The standard InChI is InChI=1S/C22H19N5S/c1-13-14(2)28-22-20(13)21(24-12-19-26-25-15(3)27(19)22)18-6-4-16(5-7-18)17-8-10-23-11-9-17/h4-11H,12H2,1-3H3. The van der Waals surface area contributed by atoms with Gasteiger partial charge in [-0.05, 0) is 49.6 Å². The molecule has 0 fully saturated rings. The highest BCUT2D eigenvalue weighted by atomic mass is 32.1. The minimum atomic E-state index is 0.530. The van der Waals surface area contributed by atoms with Crippen LogP contribution in [-0.4, -0.2) is 25.5 Å². The normalized spacial score (nSPS) is 12.9. The molecule has 4 heterocycles. The molecule has 0 amide bonds. The quantitative estimate of drug-likeness (QED) is 0.504. The SMILES string of the molecule is Cc1sc2c(c1C)C(c1ccc(-c3ccncc3)cc1)=NCc1nnc(C)n1-2. The fourth-order valence-electron chi connectivity index (χ4n) is 3.65. The van der Waals surface area contributed by atoms with E-state index in [1.54, 1.807) is 11.3 Å². The highest BCUT2D eigenvalue weighted by molar-refractivity contribution is 7.15. The largest absolute Gasteiger partial charge is 0.276 e. The second-order valence-electron chi connectivity index (χ2n) is 6.94. The number of rotatable bonds is 2. The molecule has 0 unspecified atom stereocenters. The zero-order chi connectivity index (χ0) is 19.3. The predicted octanol–water partition coefficient (Wildman–Crippen LogP) is 4.67. The van der Waals surface area contributed by atoms with Crippen molar-refractivity contribution in [2.45, 2.75) is 27.3 Å². The van der Waals surface area contributed by atoms with Gasteiger partial charge in [0, 0.05) is 28.4 Å². The fourth-order valence-corrected chi connectivity index (χ4v) is 4.87. The molecule has 6 heteroatoms. The van der Waals surface area contributed by atoms with Crippen LogP contribution in [0.4, 0.5) is 0 Å². The van der Waals surface area contributed by atoms with Gasteiger partial charge in [-0.3, -0.25) is 14.5 Å². The fraction of sp³-hybridized carbons (Fsp3) is 0.182. The molecule has 0 atom stereocenters. The highest BCUT2D eigenvalue weighted by Crippen LogP contribution is 2.36. The maximum atomic E-state index is 4.96. The van der Waals surface area contributed by atoms with Crippen LogP contribution < -0.4 is 0 Å². The van der Waals surface area contributed by atoms with Crippen LogP contribution in [0.5, 0.6) is 0 Å². The smallest absolute Gasteiger partial charge is 0.160 e. The molecule has 28 heavy (non-hydrogen) atoms. The lowest BCUT2D eigenvalue weighted by Gasteiger charge is -2.10. The van der Waals surface area contributed by atoms with Crippen LogP contribution in [0.25, 0.3) is 16.1 Å². The molecule has 0 aliphatic carbocycles. The van der Waals surface area contributed by atoms with E-state index in [1.165, 1.54) is 26.6 Å². The first-order valence-corrected chi connectivity index (χ1v) is 10.0. The zero-order valence-corrected chi connectivity index (χ0v) is 16.8. The van der Waals surface area contributed by atoms with Gasteiger partial charge in [-0.2, -0.15) is 0 Å². The van der Waals surface area contributed by atoms with Crippen LogP contribution in [0.3, 0.4) is 0 Å². The van der Waals surface area contributed by atoms with Gasteiger partial charge in [-0.25, -0.2) is 0 Å². The number of thiophene rings is 1. The molecule has 0 saturated heterocycles. The lowest BCUT2D eigenvalue weighted by molar-refractivity contribution is 0.869. The summed E-state index contributed by atoms with van der Waals surface area (Å²) < 4.78 is 2.15. The number of hydrogen-bond donors (Lipinski definition) is 0. The van der Waals surface area contributed by atoms with Gasteiger partial charge in [-0.15, -0.1) is 21.5 Å². The minimum Gasteiger partial charge on any atom is -0.276 e. The number of hydrogen-bond acceptors (Lipinski definition) is 5.